The fourth-order valence-corrected chi connectivity index (χ4v) is 2.43. The molecule has 0 bridgehead atoms. The van der Waals surface area contributed by atoms with Gasteiger partial charge in [-0.2, -0.15) is 9.57 Å². The van der Waals surface area contributed by atoms with E-state index in [4.69, 9.17) is 5.26 Å². The summed E-state index contributed by atoms with van der Waals surface area (Å²) >= 11 is 0. The zero-order valence-corrected chi connectivity index (χ0v) is 10.2. The van der Waals surface area contributed by atoms with Gasteiger partial charge in [0.1, 0.15) is 6.54 Å². The van der Waals surface area contributed by atoms with Crippen molar-refractivity contribution in [2.45, 2.75) is 18.2 Å². The van der Waals surface area contributed by atoms with E-state index < -0.39 is 10.0 Å². The number of aryl methyl sites for hydroxylation is 1. The summed E-state index contributed by atoms with van der Waals surface area (Å²) in [6, 6.07) is 8.60. The van der Waals surface area contributed by atoms with Crippen LogP contribution in [-0.4, -0.2) is 26.3 Å². The molecule has 0 aliphatic rings. The van der Waals surface area contributed by atoms with Crippen LogP contribution < -0.4 is 0 Å². The van der Waals surface area contributed by atoms with E-state index in [9.17, 15) is 8.42 Å². The average molecular weight is 238 g/mol. The second kappa shape index (κ2) is 5.10. The van der Waals surface area contributed by atoms with Crippen molar-refractivity contribution in [3.8, 4) is 6.07 Å². The highest BCUT2D eigenvalue weighted by Crippen LogP contribution is 2.15. The molecule has 0 unspecified atom stereocenters. The number of rotatable bonds is 4. The van der Waals surface area contributed by atoms with E-state index in [0.717, 1.165) is 16.3 Å². The van der Waals surface area contributed by atoms with Crippen molar-refractivity contribution in [1.82, 2.24) is 4.31 Å². The van der Waals surface area contributed by atoms with E-state index in [1.54, 1.807) is 18.2 Å². The maximum absolute atomic E-state index is 12.0. The molecular formula is C11H14N2O2S. The number of sulfonamides is 1. The zero-order chi connectivity index (χ0) is 12.2. The van der Waals surface area contributed by atoms with Crippen LogP contribution in [-0.2, 0) is 16.4 Å². The van der Waals surface area contributed by atoms with Gasteiger partial charge in [-0.15, -0.1) is 0 Å². The fraction of sp³-hybridized carbons (Fsp3) is 0.364. The highest BCUT2D eigenvalue weighted by molar-refractivity contribution is 7.89. The van der Waals surface area contributed by atoms with E-state index >= 15 is 0 Å². The van der Waals surface area contributed by atoms with Gasteiger partial charge in [0.25, 0.3) is 0 Å². The second-order valence-corrected chi connectivity index (χ2v) is 5.47. The van der Waals surface area contributed by atoms with Gasteiger partial charge >= 0.3 is 0 Å². The summed E-state index contributed by atoms with van der Waals surface area (Å²) in [6.45, 7) is 1.82. The van der Waals surface area contributed by atoms with Crippen molar-refractivity contribution >= 4 is 10.0 Å². The standard InChI is InChI=1S/C11H14N2O2S/c1-3-10-5-4-6-11(9-10)16(14,15)13(2)8-7-12/h4-6,9H,3,8H2,1-2H3. The van der Waals surface area contributed by atoms with Gasteiger partial charge in [0.2, 0.25) is 10.0 Å². The molecule has 4 nitrogen and oxygen atoms in total. The molecular weight excluding hydrogens is 224 g/mol. The summed E-state index contributed by atoms with van der Waals surface area (Å²) in [6.07, 6.45) is 0.783. The minimum Gasteiger partial charge on any atom is -0.207 e. The molecule has 0 spiro atoms. The lowest BCUT2D eigenvalue weighted by atomic mass is 10.2. The van der Waals surface area contributed by atoms with Crippen LogP contribution in [0.1, 0.15) is 12.5 Å². The summed E-state index contributed by atoms with van der Waals surface area (Å²) in [5.74, 6) is 0. The minimum atomic E-state index is -3.52. The highest BCUT2D eigenvalue weighted by Gasteiger charge is 2.20. The number of nitriles is 1. The van der Waals surface area contributed by atoms with Crippen LogP contribution in [0, 0.1) is 11.3 Å². The van der Waals surface area contributed by atoms with Crippen molar-refractivity contribution < 1.29 is 8.42 Å². The Labute approximate surface area is 96.2 Å². The van der Waals surface area contributed by atoms with Crippen molar-refractivity contribution in [1.29, 1.82) is 5.26 Å². The van der Waals surface area contributed by atoms with Gasteiger partial charge in [0.05, 0.1) is 11.0 Å². The predicted octanol–water partition coefficient (Wildman–Crippen LogP) is 1.39. The smallest absolute Gasteiger partial charge is 0.207 e. The molecule has 0 amide bonds. The lowest BCUT2D eigenvalue weighted by Crippen LogP contribution is -2.27. The molecule has 5 heteroatoms. The van der Waals surface area contributed by atoms with Crippen LogP contribution >= 0.6 is 0 Å². The quantitative estimate of drug-likeness (QED) is 0.745. The van der Waals surface area contributed by atoms with E-state index in [2.05, 4.69) is 0 Å². The van der Waals surface area contributed by atoms with Crippen molar-refractivity contribution in [2.75, 3.05) is 13.6 Å². The Hall–Kier alpha value is -1.38. The largest absolute Gasteiger partial charge is 0.243 e. The predicted molar refractivity (Wildman–Crippen MR) is 61.2 cm³/mol. The summed E-state index contributed by atoms with van der Waals surface area (Å²) in [5.41, 5.74) is 0.964. The Kier molecular flexibility index (Phi) is 4.05. The molecule has 0 atom stereocenters. The van der Waals surface area contributed by atoms with Gasteiger partial charge in [-0.3, -0.25) is 0 Å². The number of hydrogen-bond acceptors (Lipinski definition) is 3. The molecule has 1 rings (SSSR count). The molecule has 1 aromatic carbocycles. The molecule has 0 N–H and O–H groups in total. The Morgan fingerprint density at radius 1 is 1.44 bits per heavy atom. The van der Waals surface area contributed by atoms with Crippen LogP contribution in [0.4, 0.5) is 0 Å². The highest BCUT2D eigenvalue weighted by atomic mass is 32.2. The third-order valence-corrected chi connectivity index (χ3v) is 4.11. The normalized spacial score (nSPS) is 11.4. The Bertz CT molecular complexity index is 503. The molecule has 0 saturated heterocycles. The Balaban J connectivity index is 3.12. The molecule has 1 aromatic rings. The maximum atomic E-state index is 12.0. The average Bonchev–Trinajstić information content (AvgIpc) is 2.29. The summed E-state index contributed by atoms with van der Waals surface area (Å²) < 4.78 is 25.0. The van der Waals surface area contributed by atoms with Crippen molar-refractivity contribution in [2.24, 2.45) is 0 Å². The van der Waals surface area contributed by atoms with Gasteiger partial charge < -0.3 is 0 Å². The van der Waals surface area contributed by atoms with Gasteiger partial charge in [-0.1, -0.05) is 19.1 Å². The first-order valence-corrected chi connectivity index (χ1v) is 6.38. The van der Waals surface area contributed by atoms with E-state index in [1.165, 1.54) is 7.05 Å². The third kappa shape index (κ3) is 2.60. The fourth-order valence-electron chi connectivity index (χ4n) is 1.29. The molecule has 0 saturated carbocycles. The summed E-state index contributed by atoms with van der Waals surface area (Å²) in [7, 11) is -2.12. The van der Waals surface area contributed by atoms with Crippen molar-refractivity contribution in [3.05, 3.63) is 29.8 Å². The second-order valence-electron chi connectivity index (χ2n) is 3.42. The minimum absolute atomic E-state index is 0.140. The molecule has 0 aliphatic carbocycles. The van der Waals surface area contributed by atoms with Gasteiger partial charge in [-0.25, -0.2) is 8.42 Å². The number of nitrogens with zero attached hydrogens (tertiary/aromatic N) is 2. The van der Waals surface area contributed by atoms with E-state index in [1.807, 2.05) is 19.1 Å². The topological polar surface area (TPSA) is 61.2 Å². The first-order chi connectivity index (χ1) is 7.52. The molecule has 0 fully saturated rings. The van der Waals surface area contributed by atoms with Gasteiger partial charge in [0, 0.05) is 7.05 Å². The first kappa shape index (κ1) is 12.7. The van der Waals surface area contributed by atoms with Crippen LogP contribution in [0.15, 0.2) is 29.2 Å². The first-order valence-electron chi connectivity index (χ1n) is 4.94. The number of hydrogen-bond donors (Lipinski definition) is 0. The molecule has 0 heterocycles. The molecule has 0 aromatic heterocycles. The third-order valence-electron chi connectivity index (χ3n) is 2.31. The maximum Gasteiger partial charge on any atom is 0.243 e. The Morgan fingerprint density at radius 3 is 2.69 bits per heavy atom. The summed E-state index contributed by atoms with van der Waals surface area (Å²) in [5, 5.41) is 8.49. The van der Waals surface area contributed by atoms with Gasteiger partial charge in [0.15, 0.2) is 0 Å². The van der Waals surface area contributed by atoms with E-state index in [0.29, 0.717) is 0 Å². The van der Waals surface area contributed by atoms with Crippen LogP contribution in [0.2, 0.25) is 0 Å². The number of benzene rings is 1. The van der Waals surface area contributed by atoms with E-state index in [-0.39, 0.29) is 11.4 Å². The van der Waals surface area contributed by atoms with Gasteiger partial charge in [-0.05, 0) is 24.1 Å². The summed E-state index contributed by atoms with van der Waals surface area (Å²) in [4.78, 5) is 0.240. The monoisotopic (exact) mass is 238 g/mol. The lowest BCUT2D eigenvalue weighted by molar-refractivity contribution is 0.501. The molecule has 16 heavy (non-hydrogen) atoms. The van der Waals surface area contributed by atoms with Crippen LogP contribution in [0.25, 0.3) is 0 Å². The molecule has 0 aliphatic heterocycles. The SMILES string of the molecule is CCc1cccc(S(=O)(=O)N(C)CC#N)c1. The molecule has 0 radical (unpaired) electrons. The zero-order valence-electron chi connectivity index (χ0n) is 9.34. The van der Waals surface area contributed by atoms with Crippen LogP contribution in [0.3, 0.4) is 0 Å². The van der Waals surface area contributed by atoms with Crippen LogP contribution in [0.5, 0.6) is 0 Å². The Morgan fingerprint density at radius 2 is 2.12 bits per heavy atom. The molecule has 86 valence electrons. The lowest BCUT2D eigenvalue weighted by Gasteiger charge is -2.13. The van der Waals surface area contributed by atoms with Crippen molar-refractivity contribution in [3.63, 3.8) is 0 Å².